The van der Waals surface area contributed by atoms with Gasteiger partial charge in [-0.3, -0.25) is 0 Å². The molecule has 7 nitrogen and oxygen atoms in total. The standard InChI is InChI=1S/C24H24F2N6OS/c1-14(2)34-17-6-4-16(5-7-17)20-13-29-22(27)21(30-20)24-32-31-23(33-24)18-8-3-15(11-19(18)26)12-28-10-9-25/h3-8,11,13-14,28H,9-10,12H2,1-2H3,(H2,27,29). The molecule has 2 heterocycles. The molecular formula is C24H24F2N6OS. The number of hydrogen-bond donors (Lipinski definition) is 2. The summed E-state index contributed by atoms with van der Waals surface area (Å²) in [6.45, 7) is 4.36. The minimum absolute atomic E-state index is 0.00238. The van der Waals surface area contributed by atoms with Crippen molar-refractivity contribution in [3.8, 4) is 34.3 Å². The van der Waals surface area contributed by atoms with E-state index in [4.69, 9.17) is 10.2 Å². The number of nitrogens with two attached hydrogens (primary N) is 1. The third-order valence-corrected chi connectivity index (χ3v) is 5.83. The van der Waals surface area contributed by atoms with Gasteiger partial charge in [-0.05, 0) is 29.8 Å². The van der Waals surface area contributed by atoms with Crippen LogP contribution in [0.5, 0.6) is 0 Å². The van der Waals surface area contributed by atoms with Crippen molar-refractivity contribution < 1.29 is 13.2 Å². The third kappa shape index (κ3) is 5.57. The molecule has 0 aliphatic heterocycles. The fourth-order valence-corrected chi connectivity index (χ4v) is 4.08. The largest absolute Gasteiger partial charge is 0.414 e. The highest BCUT2D eigenvalue weighted by Crippen LogP contribution is 2.30. The van der Waals surface area contributed by atoms with Gasteiger partial charge in [-0.25, -0.2) is 18.7 Å². The summed E-state index contributed by atoms with van der Waals surface area (Å²) in [7, 11) is 0. The van der Waals surface area contributed by atoms with Gasteiger partial charge >= 0.3 is 0 Å². The van der Waals surface area contributed by atoms with Gasteiger partial charge in [-0.1, -0.05) is 32.0 Å². The molecule has 0 amide bonds. The second-order valence-corrected chi connectivity index (χ2v) is 9.42. The summed E-state index contributed by atoms with van der Waals surface area (Å²) in [5.74, 6) is -0.359. The Bertz CT molecular complexity index is 1260. The van der Waals surface area contributed by atoms with Crippen molar-refractivity contribution in [3.63, 3.8) is 0 Å². The van der Waals surface area contributed by atoms with E-state index in [0.29, 0.717) is 23.1 Å². The normalized spacial score (nSPS) is 11.3. The maximum absolute atomic E-state index is 14.6. The highest BCUT2D eigenvalue weighted by atomic mass is 32.2. The second-order valence-electron chi connectivity index (χ2n) is 7.77. The molecule has 2 aromatic heterocycles. The summed E-state index contributed by atoms with van der Waals surface area (Å²) in [6, 6.07) is 12.6. The smallest absolute Gasteiger partial charge is 0.270 e. The number of rotatable bonds is 9. The summed E-state index contributed by atoms with van der Waals surface area (Å²) in [4.78, 5) is 9.95. The Balaban J connectivity index is 1.58. The molecule has 0 unspecified atom stereocenters. The molecule has 0 aliphatic carbocycles. The Hall–Kier alpha value is -3.37. The molecule has 0 atom stereocenters. The Morgan fingerprint density at radius 2 is 1.85 bits per heavy atom. The predicted octanol–water partition coefficient (Wildman–Crippen LogP) is 5.14. The van der Waals surface area contributed by atoms with E-state index in [2.05, 4.69) is 39.3 Å². The summed E-state index contributed by atoms with van der Waals surface area (Å²) in [5.41, 5.74) is 8.53. The summed E-state index contributed by atoms with van der Waals surface area (Å²) < 4.78 is 32.6. The molecule has 0 radical (unpaired) electrons. The third-order valence-electron chi connectivity index (χ3n) is 4.81. The minimum Gasteiger partial charge on any atom is -0.414 e. The lowest BCUT2D eigenvalue weighted by atomic mass is 10.1. The lowest BCUT2D eigenvalue weighted by Crippen LogP contribution is -2.16. The van der Waals surface area contributed by atoms with Crippen molar-refractivity contribution >= 4 is 17.6 Å². The van der Waals surface area contributed by atoms with E-state index in [-0.39, 0.29) is 35.4 Å². The van der Waals surface area contributed by atoms with Crippen LogP contribution in [0.2, 0.25) is 0 Å². The fraction of sp³-hybridized carbons (Fsp3) is 0.250. The van der Waals surface area contributed by atoms with Gasteiger partial charge < -0.3 is 15.5 Å². The van der Waals surface area contributed by atoms with Gasteiger partial charge in [0.1, 0.15) is 12.5 Å². The van der Waals surface area contributed by atoms with E-state index in [1.165, 1.54) is 6.07 Å². The Labute approximate surface area is 200 Å². The van der Waals surface area contributed by atoms with Gasteiger partial charge in [0.15, 0.2) is 11.5 Å². The highest BCUT2D eigenvalue weighted by Gasteiger charge is 2.19. The number of halogens is 2. The van der Waals surface area contributed by atoms with Crippen LogP contribution < -0.4 is 11.1 Å². The van der Waals surface area contributed by atoms with Gasteiger partial charge in [-0.15, -0.1) is 22.0 Å². The Kier molecular flexibility index (Phi) is 7.49. The van der Waals surface area contributed by atoms with Crippen LogP contribution in [-0.4, -0.2) is 38.6 Å². The molecule has 4 aromatic rings. The monoisotopic (exact) mass is 482 g/mol. The zero-order valence-electron chi connectivity index (χ0n) is 18.8. The SMILES string of the molecule is CC(C)Sc1ccc(-c2cnc(N)c(-c3nnc(-c4ccc(CNCCF)cc4F)o3)n2)cc1. The van der Waals surface area contributed by atoms with Crippen molar-refractivity contribution in [1.29, 1.82) is 0 Å². The van der Waals surface area contributed by atoms with Crippen molar-refractivity contribution in [3.05, 3.63) is 60.0 Å². The van der Waals surface area contributed by atoms with Crippen molar-refractivity contribution in [2.24, 2.45) is 0 Å². The molecule has 0 saturated heterocycles. The summed E-state index contributed by atoms with van der Waals surface area (Å²) in [6.07, 6.45) is 1.58. The number of nitrogens with one attached hydrogen (secondary N) is 1. The molecule has 0 spiro atoms. The number of nitrogens with zero attached hydrogens (tertiary/aromatic N) is 4. The number of hydrogen-bond acceptors (Lipinski definition) is 8. The van der Waals surface area contributed by atoms with Crippen molar-refractivity contribution in [2.75, 3.05) is 19.0 Å². The van der Waals surface area contributed by atoms with Crippen LogP contribution in [0.4, 0.5) is 14.6 Å². The van der Waals surface area contributed by atoms with E-state index in [1.807, 2.05) is 24.3 Å². The lowest BCUT2D eigenvalue weighted by Gasteiger charge is -2.07. The van der Waals surface area contributed by atoms with Crippen LogP contribution in [0.1, 0.15) is 19.4 Å². The molecule has 0 aliphatic rings. The van der Waals surface area contributed by atoms with Crippen LogP contribution in [0, 0.1) is 5.82 Å². The van der Waals surface area contributed by atoms with Crippen LogP contribution in [0.15, 0.2) is 58.0 Å². The average Bonchev–Trinajstić information content (AvgIpc) is 3.29. The molecule has 10 heteroatoms. The fourth-order valence-electron chi connectivity index (χ4n) is 3.24. The molecular weight excluding hydrogens is 458 g/mol. The van der Waals surface area contributed by atoms with Crippen molar-refractivity contribution in [2.45, 2.75) is 30.5 Å². The van der Waals surface area contributed by atoms with Gasteiger partial charge in [0.05, 0.1) is 17.5 Å². The number of alkyl halides is 1. The first-order chi connectivity index (χ1) is 16.4. The number of nitrogen functional groups attached to an aromatic ring is 1. The number of aromatic nitrogens is 4. The molecule has 0 saturated carbocycles. The average molecular weight is 483 g/mol. The molecule has 176 valence electrons. The van der Waals surface area contributed by atoms with E-state index < -0.39 is 12.5 Å². The first-order valence-corrected chi connectivity index (χ1v) is 11.6. The summed E-state index contributed by atoms with van der Waals surface area (Å²) in [5, 5.41) is 11.3. The number of anilines is 1. The predicted molar refractivity (Wildman–Crippen MR) is 129 cm³/mol. The topological polar surface area (TPSA) is 103 Å². The van der Waals surface area contributed by atoms with E-state index in [9.17, 15) is 8.78 Å². The number of thioether (sulfide) groups is 1. The summed E-state index contributed by atoms with van der Waals surface area (Å²) >= 11 is 1.77. The van der Waals surface area contributed by atoms with Crippen molar-refractivity contribution in [1.82, 2.24) is 25.5 Å². The lowest BCUT2D eigenvalue weighted by molar-refractivity contribution is 0.466. The van der Waals surface area contributed by atoms with Gasteiger partial charge in [0, 0.05) is 28.8 Å². The molecule has 3 N–H and O–H groups in total. The van der Waals surface area contributed by atoms with Gasteiger partial charge in [0.25, 0.3) is 11.8 Å². The Morgan fingerprint density at radius 3 is 2.56 bits per heavy atom. The zero-order valence-corrected chi connectivity index (χ0v) is 19.6. The molecule has 0 fully saturated rings. The van der Waals surface area contributed by atoms with E-state index >= 15 is 0 Å². The van der Waals surface area contributed by atoms with Gasteiger partial charge in [-0.2, -0.15) is 0 Å². The quantitative estimate of drug-likeness (QED) is 0.250. The maximum atomic E-state index is 14.6. The molecule has 34 heavy (non-hydrogen) atoms. The zero-order chi connectivity index (χ0) is 24.1. The highest BCUT2D eigenvalue weighted by molar-refractivity contribution is 7.99. The second kappa shape index (κ2) is 10.7. The molecule has 0 bridgehead atoms. The minimum atomic E-state index is -0.526. The maximum Gasteiger partial charge on any atom is 0.270 e. The van der Waals surface area contributed by atoms with Crippen LogP contribution >= 0.6 is 11.8 Å². The number of benzene rings is 2. The van der Waals surface area contributed by atoms with E-state index in [1.54, 1.807) is 30.1 Å². The molecule has 4 rings (SSSR count). The van der Waals surface area contributed by atoms with Crippen LogP contribution in [0.25, 0.3) is 34.3 Å². The van der Waals surface area contributed by atoms with Gasteiger partial charge in [0.2, 0.25) is 0 Å². The first kappa shape index (κ1) is 23.8. The van der Waals surface area contributed by atoms with Crippen LogP contribution in [-0.2, 0) is 6.54 Å². The van der Waals surface area contributed by atoms with E-state index in [0.717, 1.165) is 10.5 Å². The Morgan fingerprint density at radius 1 is 1.09 bits per heavy atom. The molecule has 2 aromatic carbocycles. The first-order valence-electron chi connectivity index (χ1n) is 10.7. The van der Waals surface area contributed by atoms with Crippen LogP contribution in [0.3, 0.4) is 0 Å².